The number of rotatable bonds is 8. The van der Waals surface area contributed by atoms with Crippen LogP contribution >= 0.6 is 0 Å². The van der Waals surface area contributed by atoms with Gasteiger partial charge in [-0.1, -0.05) is 42.5 Å². The zero-order chi connectivity index (χ0) is 14.9. The first-order valence-electron chi connectivity index (χ1n) is 7.38. The van der Waals surface area contributed by atoms with E-state index in [4.69, 9.17) is 15.6 Å². The monoisotopic (exact) mass is 285 g/mol. The number of hydrogen-bond donors (Lipinski definition) is 2. The Morgan fingerprint density at radius 1 is 0.952 bits per heavy atom. The van der Waals surface area contributed by atoms with Gasteiger partial charge < -0.3 is 15.6 Å². The number of hydrogen-bond acceptors (Lipinski definition) is 3. The minimum atomic E-state index is 0.161. The van der Waals surface area contributed by atoms with Crippen LogP contribution in [0.5, 0.6) is 5.75 Å². The summed E-state index contributed by atoms with van der Waals surface area (Å²) in [7, 11) is 0. The molecule has 112 valence electrons. The van der Waals surface area contributed by atoms with Gasteiger partial charge in [-0.15, -0.1) is 0 Å². The van der Waals surface area contributed by atoms with E-state index in [1.807, 2.05) is 30.3 Å². The van der Waals surface area contributed by atoms with Crippen LogP contribution in [0.2, 0.25) is 0 Å². The smallest absolute Gasteiger partial charge is 0.119 e. The van der Waals surface area contributed by atoms with E-state index in [0.29, 0.717) is 13.2 Å². The summed E-state index contributed by atoms with van der Waals surface area (Å²) >= 11 is 0. The highest BCUT2D eigenvalue weighted by Gasteiger charge is 2.05. The SMILES string of the molecule is NCC(CO)CCc1ccc(OCc2ccccc2)cc1. The van der Waals surface area contributed by atoms with Crippen LogP contribution in [0, 0.1) is 5.92 Å². The van der Waals surface area contributed by atoms with Crippen molar-refractivity contribution in [1.29, 1.82) is 0 Å². The van der Waals surface area contributed by atoms with Crippen molar-refractivity contribution in [2.24, 2.45) is 11.7 Å². The Morgan fingerprint density at radius 3 is 2.29 bits per heavy atom. The Labute approximate surface area is 126 Å². The maximum atomic E-state index is 9.13. The van der Waals surface area contributed by atoms with Crippen LogP contribution in [-0.4, -0.2) is 18.3 Å². The second-order valence-electron chi connectivity index (χ2n) is 5.24. The van der Waals surface area contributed by atoms with Crippen molar-refractivity contribution in [3.05, 3.63) is 65.7 Å². The Morgan fingerprint density at radius 2 is 1.67 bits per heavy atom. The highest BCUT2D eigenvalue weighted by Crippen LogP contribution is 2.16. The van der Waals surface area contributed by atoms with Crippen LogP contribution in [0.4, 0.5) is 0 Å². The van der Waals surface area contributed by atoms with Gasteiger partial charge in [-0.2, -0.15) is 0 Å². The molecular formula is C18H23NO2. The van der Waals surface area contributed by atoms with Crippen molar-refractivity contribution >= 4 is 0 Å². The third-order valence-electron chi connectivity index (χ3n) is 3.60. The van der Waals surface area contributed by atoms with Gasteiger partial charge in [0.05, 0.1) is 0 Å². The van der Waals surface area contributed by atoms with Crippen LogP contribution in [-0.2, 0) is 13.0 Å². The zero-order valence-corrected chi connectivity index (χ0v) is 12.2. The van der Waals surface area contributed by atoms with Crippen LogP contribution in [0.15, 0.2) is 54.6 Å². The van der Waals surface area contributed by atoms with Crippen molar-refractivity contribution in [3.63, 3.8) is 0 Å². The third-order valence-corrected chi connectivity index (χ3v) is 3.60. The molecule has 21 heavy (non-hydrogen) atoms. The number of aliphatic hydroxyl groups is 1. The van der Waals surface area contributed by atoms with Gasteiger partial charge >= 0.3 is 0 Å². The molecule has 0 heterocycles. The molecule has 2 rings (SSSR count). The van der Waals surface area contributed by atoms with Gasteiger partial charge in [-0.25, -0.2) is 0 Å². The van der Waals surface area contributed by atoms with Crippen molar-refractivity contribution < 1.29 is 9.84 Å². The molecule has 0 aromatic heterocycles. The van der Waals surface area contributed by atoms with Gasteiger partial charge in [-0.05, 0) is 48.6 Å². The molecule has 3 N–H and O–H groups in total. The van der Waals surface area contributed by atoms with E-state index in [1.54, 1.807) is 0 Å². The van der Waals surface area contributed by atoms with Gasteiger partial charge in [-0.3, -0.25) is 0 Å². The molecule has 1 unspecified atom stereocenters. The van der Waals surface area contributed by atoms with E-state index in [2.05, 4.69) is 24.3 Å². The summed E-state index contributed by atoms with van der Waals surface area (Å²) < 4.78 is 5.75. The van der Waals surface area contributed by atoms with E-state index in [-0.39, 0.29) is 12.5 Å². The molecule has 0 amide bonds. The molecule has 0 aliphatic carbocycles. The van der Waals surface area contributed by atoms with Gasteiger partial charge in [0, 0.05) is 6.61 Å². The van der Waals surface area contributed by atoms with Crippen LogP contribution in [0.3, 0.4) is 0 Å². The number of aliphatic hydroxyl groups excluding tert-OH is 1. The van der Waals surface area contributed by atoms with Crippen LogP contribution in [0.25, 0.3) is 0 Å². The maximum absolute atomic E-state index is 9.13. The third kappa shape index (κ3) is 5.21. The van der Waals surface area contributed by atoms with E-state index in [9.17, 15) is 0 Å². The van der Waals surface area contributed by atoms with Crippen molar-refractivity contribution in [2.75, 3.05) is 13.2 Å². The lowest BCUT2D eigenvalue weighted by Crippen LogP contribution is -2.18. The van der Waals surface area contributed by atoms with E-state index in [0.717, 1.165) is 24.2 Å². The Balaban J connectivity index is 1.81. The average molecular weight is 285 g/mol. The molecule has 0 bridgehead atoms. The van der Waals surface area contributed by atoms with Crippen molar-refractivity contribution in [2.45, 2.75) is 19.4 Å². The van der Waals surface area contributed by atoms with Gasteiger partial charge in [0.2, 0.25) is 0 Å². The second kappa shape index (κ2) is 8.45. The Hall–Kier alpha value is -1.84. The molecule has 0 aliphatic heterocycles. The molecule has 0 spiro atoms. The summed E-state index contributed by atoms with van der Waals surface area (Å²) in [5.41, 5.74) is 7.99. The van der Waals surface area contributed by atoms with E-state index >= 15 is 0 Å². The summed E-state index contributed by atoms with van der Waals surface area (Å²) in [6.07, 6.45) is 1.85. The summed E-state index contributed by atoms with van der Waals surface area (Å²) in [5, 5.41) is 9.13. The molecule has 3 heteroatoms. The molecular weight excluding hydrogens is 262 g/mol. The fourth-order valence-corrected chi connectivity index (χ4v) is 2.15. The topological polar surface area (TPSA) is 55.5 Å². The number of nitrogens with two attached hydrogens (primary N) is 1. The molecule has 0 radical (unpaired) electrons. The number of aryl methyl sites for hydroxylation is 1. The average Bonchev–Trinajstić information content (AvgIpc) is 2.56. The summed E-state index contributed by atoms with van der Waals surface area (Å²) in [5.74, 6) is 1.07. The van der Waals surface area contributed by atoms with Crippen LogP contribution in [0.1, 0.15) is 17.5 Å². The molecule has 0 fully saturated rings. The first kappa shape index (κ1) is 15.5. The Kier molecular flexibility index (Phi) is 6.25. The summed E-state index contributed by atoms with van der Waals surface area (Å²) in [6, 6.07) is 18.3. The lowest BCUT2D eigenvalue weighted by atomic mass is 10.0. The van der Waals surface area contributed by atoms with Crippen molar-refractivity contribution in [1.82, 2.24) is 0 Å². The molecule has 1 atom stereocenters. The number of benzene rings is 2. The lowest BCUT2D eigenvalue weighted by molar-refractivity contribution is 0.223. The standard InChI is InChI=1S/C18H23NO2/c19-12-17(13-20)7-6-15-8-10-18(11-9-15)21-14-16-4-2-1-3-5-16/h1-5,8-11,17,20H,6-7,12-14,19H2. The molecule has 0 aliphatic rings. The number of ether oxygens (including phenoxy) is 1. The highest BCUT2D eigenvalue weighted by atomic mass is 16.5. The zero-order valence-electron chi connectivity index (χ0n) is 12.2. The highest BCUT2D eigenvalue weighted by molar-refractivity contribution is 5.28. The van der Waals surface area contributed by atoms with E-state index in [1.165, 1.54) is 5.56 Å². The molecule has 0 saturated carbocycles. The van der Waals surface area contributed by atoms with Crippen LogP contribution < -0.4 is 10.5 Å². The molecule has 2 aromatic carbocycles. The largest absolute Gasteiger partial charge is 0.489 e. The van der Waals surface area contributed by atoms with Gasteiger partial charge in [0.25, 0.3) is 0 Å². The predicted molar refractivity (Wildman–Crippen MR) is 85.2 cm³/mol. The van der Waals surface area contributed by atoms with Crippen molar-refractivity contribution in [3.8, 4) is 5.75 Å². The maximum Gasteiger partial charge on any atom is 0.119 e. The summed E-state index contributed by atoms with van der Waals surface area (Å²) in [4.78, 5) is 0. The molecule has 2 aromatic rings. The first-order chi connectivity index (χ1) is 10.3. The quantitative estimate of drug-likeness (QED) is 0.784. The fourth-order valence-electron chi connectivity index (χ4n) is 2.15. The Bertz CT molecular complexity index is 507. The normalized spacial score (nSPS) is 12.1. The predicted octanol–water partition coefficient (Wildman–Crippen LogP) is 2.77. The van der Waals surface area contributed by atoms with E-state index < -0.39 is 0 Å². The van der Waals surface area contributed by atoms with Gasteiger partial charge in [0.1, 0.15) is 12.4 Å². The molecule has 3 nitrogen and oxygen atoms in total. The van der Waals surface area contributed by atoms with Gasteiger partial charge in [0.15, 0.2) is 0 Å². The second-order valence-corrected chi connectivity index (χ2v) is 5.24. The summed E-state index contributed by atoms with van der Waals surface area (Å²) in [6.45, 7) is 1.28. The first-order valence-corrected chi connectivity index (χ1v) is 7.38. The minimum absolute atomic E-state index is 0.161. The fraction of sp³-hybridized carbons (Fsp3) is 0.333. The molecule has 0 saturated heterocycles. The minimum Gasteiger partial charge on any atom is -0.489 e. The lowest BCUT2D eigenvalue weighted by Gasteiger charge is -2.11.